The zero-order valence-corrected chi connectivity index (χ0v) is 15.2. The molecule has 0 aromatic heterocycles. The van der Waals surface area contributed by atoms with E-state index in [4.69, 9.17) is 0 Å². The molecule has 1 aromatic carbocycles. The molecule has 0 bridgehead atoms. The van der Waals surface area contributed by atoms with Crippen molar-refractivity contribution in [3.8, 4) is 0 Å². The second-order valence-corrected chi connectivity index (χ2v) is 9.02. The summed E-state index contributed by atoms with van der Waals surface area (Å²) in [5.74, 6) is 1.56. The summed E-state index contributed by atoms with van der Waals surface area (Å²) in [5, 5.41) is 0. The fourth-order valence-corrected chi connectivity index (χ4v) is 5.45. The van der Waals surface area contributed by atoms with Crippen LogP contribution < -0.4 is 0 Å². The Kier molecular flexibility index (Phi) is 6.22. The van der Waals surface area contributed by atoms with Gasteiger partial charge in [-0.3, -0.25) is 0 Å². The minimum Gasteiger partial charge on any atom is -0.308 e. The van der Waals surface area contributed by atoms with Gasteiger partial charge in [-0.05, 0) is 50.5 Å². The van der Waals surface area contributed by atoms with Crippen molar-refractivity contribution < 1.29 is 21.6 Å². The number of alkyl halides is 3. The van der Waals surface area contributed by atoms with Crippen molar-refractivity contribution in [1.82, 2.24) is 9.21 Å². The van der Waals surface area contributed by atoms with Crippen LogP contribution in [0.3, 0.4) is 0 Å². The number of thioether (sulfide) groups is 1. The molecule has 9 heteroatoms. The van der Waals surface area contributed by atoms with Crippen LogP contribution in [0.2, 0.25) is 0 Å². The van der Waals surface area contributed by atoms with Crippen molar-refractivity contribution in [2.45, 2.75) is 23.5 Å². The molecule has 1 unspecified atom stereocenters. The maximum Gasteiger partial charge on any atom is 0.416 e. The zero-order valence-electron chi connectivity index (χ0n) is 13.6. The van der Waals surface area contributed by atoms with Crippen LogP contribution in [0, 0.1) is 0 Å². The molecule has 0 radical (unpaired) electrons. The average Bonchev–Trinajstić information content (AvgIpc) is 2.71. The lowest BCUT2D eigenvalue weighted by atomic mass is 10.2. The fourth-order valence-electron chi connectivity index (χ4n) is 2.64. The normalized spacial score (nSPS) is 21.0. The average molecular weight is 382 g/mol. The molecule has 24 heavy (non-hydrogen) atoms. The largest absolute Gasteiger partial charge is 0.416 e. The topological polar surface area (TPSA) is 40.6 Å². The van der Waals surface area contributed by atoms with Crippen LogP contribution in [0.25, 0.3) is 0 Å². The van der Waals surface area contributed by atoms with E-state index in [0.29, 0.717) is 18.8 Å². The Morgan fingerprint density at radius 1 is 1.25 bits per heavy atom. The zero-order chi connectivity index (χ0) is 18.0. The summed E-state index contributed by atoms with van der Waals surface area (Å²) in [4.78, 5) is 1.83. The molecule has 0 saturated carbocycles. The van der Waals surface area contributed by atoms with Crippen LogP contribution in [0.15, 0.2) is 29.2 Å². The lowest BCUT2D eigenvalue weighted by molar-refractivity contribution is -0.137. The van der Waals surface area contributed by atoms with Gasteiger partial charge in [0.2, 0.25) is 10.0 Å². The second-order valence-electron chi connectivity index (χ2n) is 5.98. The Morgan fingerprint density at radius 3 is 2.42 bits per heavy atom. The molecule has 2 rings (SSSR count). The molecule has 1 heterocycles. The monoisotopic (exact) mass is 382 g/mol. The summed E-state index contributed by atoms with van der Waals surface area (Å²) < 4.78 is 65.2. The minimum atomic E-state index is -4.48. The van der Waals surface area contributed by atoms with Crippen LogP contribution in [0.5, 0.6) is 0 Å². The number of likely N-dealkylation sites (N-methyl/N-ethyl adjacent to an activating group) is 1. The minimum absolute atomic E-state index is 0.0915. The second kappa shape index (κ2) is 7.63. The lowest BCUT2D eigenvalue weighted by Gasteiger charge is -2.30. The number of rotatable bonds is 4. The predicted octanol–water partition coefficient (Wildman–Crippen LogP) is 2.76. The molecule has 1 aliphatic heterocycles. The molecule has 1 fully saturated rings. The first-order valence-corrected chi connectivity index (χ1v) is 10.1. The SMILES string of the molecule is CN(C)CC1CSCCCN1S(=O)(=O)c1ccc(C(F)(F)F)cc1. The Morgan fingerprint density at radius 2 is 1.88 bits per heavy atom. The third-order valence-electron chi connectivity index (χ3n) is 3.75. The van der Waals surface area contributed by atoms with Crippen molar-refractivity contribution >= 4 is 21.8 Å². The number of hydrogen-bond acceptors (Lipinski definition) is 4. The van der Waals surface area contributed by atoms with Gasteiger partial charge in [0, 0.05) is 24.9 Å². The number of benzene rings is 1. The van der Waals surface area contributed by atoms with Crippen molar-refractivity contribution in [2.24, 2.45) is 0 Å². The molecule has 1 aliphatic rings. The molecule has 1 aromatic rings. The Labute approximate surface area is 145 Å². The first-order valence-electron chi connectivity index (χ1n) is 7.54. The van der Waals surface area contributed by atoms with Crippen LogP contribution in [-0.4, -0.2) is 62.4 Å². The van der Waals surface area contributed by atoms with Crippen LogP contribution >= 0.6 is 11.8 Å². The van der Waals surface area contributed by atoms with Crippen LogP contribution in [0.4, 0.5) is 13.2 Å². The summed E-state index contributed by atoms with van der Waals surface area (Å²) in [6, 6.07) is 3.53. The van der Waals surface area contributed by atoms with Crippen molar-refractivity contribution in [2.75, 3.05) is 38.7 Å². The molecular formula is C15H21F3N2O2S2. The summed E-state index contributed by atoms with van der Waals surface area (Å²) in [7, 11) is -0.0694. The third-order valence-corrected chi connectivity index (χ3v) is 6.91. The van der Waals surface area contributed by atoms with E-state index in [0.717, 1.165) is 36.4 Å². The molecule has 0 spiro atoms. The first-order chi connectivity index (χ1) is 11.1. The lowest BCUT2D eigenvalue weighted by Crippen LogP contribution is -2.46. The van der Waals surface area contributed by atoms with Gasteiger partial charge in [0.25, 0.3) is 0 Å². The molecular weight excluding hydrogens is 361 g/mol. The molecule has 4 nitrogen and oxygen atoms in total. The van der Waals surface area contributed by atoms with Crippen molar-refractivity contribution in [3.05, 3.63) is 29.8 Å². The van der Waals surface area contributed by atoms with E-state index in [-0.39, 0.29) is 10.9 Å². The molecule has 1 atom stereocenters. The van der Waals surface area contributed by atoms with Gasteiger partial charge in [0.15, 0.2) is 0 Å². The van der Waals surface area contributed by atoms with E-state index in [2.05, 4.69) is 0 Å². The van der Waals surface area contributed by atoms with Crippen molar-refractivity contribution in [1.29, 1.82) is 0 Å². The smallest absolute Gasteiger partial charge is 0.308 e. The van der Waals surface area contributed by atoms with Crippen molar-refractivity contribution in [3.63, 3.8) is 0 Å². The van der Waals surface area contributed by atoms with E-state index in [1.807, 2.05) is 19.0 Å². The van der Waals surface area contributed by atoms with Crippen LogP contribution in [-0.2, 0) is 16.2 Å². The maximum absolute atomic E-state index is 12.9. The highest BCUT2D eigenvalue weighted by molar-refractivity contribution is 7.99. The van der Waals surface area contributed by atoms with Gasteiger partial charge in [-0.2, -0.15) is 29.2 Å². The van der Waals surface area contributed by atoms with Gasteiger partial charge < -0.3 is 4.90 Å². The van der Waals surface area contributed by atoms with Gasteiger partial charge >= 0.3 is 6.18 Å². The standard InChI is InChI=1S/C15H21F3N2O2S2/c1-19(2)10-13-11-23-9-3-8-20(13)24(21,22)14-6-4-12(5-7-14)15(16,17)18/h4-7,13H,3,8-11H2,1-2H3. The highest BCUT2D eigenvalue weighted by atomic mass is 32.2. The number of sulfonamides is 1. The maximum atomic E-state index is 12.9. The van der Waals surface area contributed by atoms with E-state index in [9.17, 15) is 21.6 Å². The Bertz CT molecular complexity index is 646. The van der Waals surface area contributed by atoms with E-state index < -0.39 is 21.8 Å². The highest BCUT2D eigenvalue weighted by Crippen LogP contribution is 2.31. The van der Waals surface area contributed by atoms with E-state index in [1.165, 1.54) is 4.31 Å². The number of hydrogen-bond donors (Lipinski definition) is 0. The van der Waals surface area contributed by atoms with Gasteiger partial charge in [-0.25, -0.2) is 8.42 Å². The van der Waals surface area contributed by atoms with Gasteiger partial charge in [-0.1, -0.05) is 0 Å². The highest BCUT2D eigenvalue weighted by Gasteiger charge is 2.34. The fraction of sp³-hybridized carbons (Fsp3) is 0.600. The quantitative estimate of drug-likeness (QED) is 0.803. The predicted molar refractivity (Wildman–Crippen MR) is 89.6 cm³/mol. The van der Waals surface area contributed by atoms with Gasteiger partial charge in [-0.15, -0.1) is 0 Å². The summed E-state index contributed by atoms with van der Waals surface area (Å²) >= 11 is 1.71. The molecule has 0 N–H and O–H groups in total. The Balaban J connectivity index is 2.32. The summed E-state index contributed by atoms with van der Waals surface area (Å²) in [6.07, 6.45) is -3.75. The van der Waals surface area contributed by atoms with Crippen LogP contribution in [0.1, 0.15) is 12.0 Å². The van der Waals surface area contributed by atoms with Gasteiger partial charge in [0.05, 0.1) is 10.5 Å². The summed E-state index contributed by atoms with van der Waals surface area (Å²) in [6.45, 7) is 0.960. The molecule has 0 amide bonds. The first kappa shape index (κ1) is 19.6. The molecule has 136 valence electrons. The Hall–Kier alpha value is -0.770. The summed E-state index contributed by atoms with van der Waals surface area (Å²) in [5.41, 5.74) is -0.849. The van der Waals surface area contributed by atoms with Gasteiger partial charge in [0.1, 0.15) is 0 Å². The number of halogens is 3. The van der Waals surface area contributed by atoms with E-state index >= 15 is 0 Å². The molecule has 1 saturated heterocycles. The number of nitrogens with zero attached hydrogens (tertiary/aromatic N) is 2. The third kappa shape index (κ3) is 4.65. The molecule has 0 aliphatic carbocycles. The van der Waals surface area contributed by atoms with E-state index in [1.54, 1.807) is 11.8 Å².